The van der Waals surface area contributed by atoms with Crippen molar-refractivity contribution in [3.05, 3.63) is 0 Å². The van der Waals surface area contributed by atoms with Crippen molar-refractivity contribution >= 4 is 0 Å². The topological polar surface area (TPSA) is 0 Å². The van der Waals surface area contributed by atoms with Crippen LogP contribution in [-0.4, -0.2) is 0 Å². The van der Waals surface area contributed by atoms with Gasteiger partial charge in [-0.15, -0.1) is 0 Å². The zero-order valence-corrected chi connectivity index (χ0v) is 27.8. The molecule has 0 spiro atoms. The molecular formula is C39H70. The van der Waals surface area contributed by atoms with Crippen LogP contribution in [0.25, 0.3) is 0 Å². The monoisotopic (exact) mass is 539 g/mol. The first-order valence-electron chi connectivity index (χ1n) is 18.6. The Morgan fingerprint density at radius 3 is 1.67 bits per heavy atom. The van der Waals surface area contributed by atoms with Crippen molar-refractivity contribution in [3.63, 3.8) is 0 Å². The number of rotatable bonds is 8. The number of hydrogen-bond acceptors (Lipinski definition) is 0. The van der Waals surface area contributed by atoms with Crippen LogP contribution in [0.15, 0.2) is 0 Å². The van der Waals surface area contributed by atoms with Gasteiger partial charge in [-0.25, -0.2) is 0 Å². The predicted octanol–water partition coefficient (Wildman–Crippen LogP) is 12.9. The third kappa shape index (κ3) is 5.23. The minimum absolute atomic E-state index is 0.490. The van der Waals surface area contributed by atoms with Crippen molar-refractivity contribution in [2.45, 2.75) is 196 Å². The van der Waals surface area contributed by atoms with E-state index in [1.807, 2.05) is 0 Å². The third-order valence-electron chi connectivity index (χ3n) is 15.8. The molecular weight excluding hydrogens is 468 g/mol. The normalized spacial score (nSPS) is 42.0. The summed E-state index contributed by atoms with van der Waals surface area (Å²) in [7, 11) is 0. The predicted molar refractivity (Wildman–Crippen MR) is 171 cm³/mol. The average Bonchev–Trinajstić information content (AvgIpc) is 2.94. The van der Waals surface area contributed by atoms with Crippen LogP contribution in [-0.2, 0) is 0 Å². The second-order valence-electron chi connectivity index (χ2n) is 17.6. The standard InChI is InChI=1S/C39H70/c1-7-8-9-19-29-38(5)34(36(3)25-15-11-16-26-36)30-31-32(35(2)23-13-10-14-24-35)21-20-22-33(31)39(38,6)37(4)27-17-12-18-28-37/h31-34H,7-30H2,1-6H3. The fraction of sp³-hybridized carbons (Fsp3) is 1.00. The second kappa shape index (κ2) is 11.9. The summed E-state index contributed by atoms with van der Waals surface area (Å²) in [6.45, 7) is 16.8. The SMILES string of the molecule is CCCCCCC1(C)C(C2(C)CCCCC2)CC2C(C3(C)CCCCC3)CCCC2C1(C)C1(C)CCCCC1. The van der Waals surface area contributed by atoms with Crippen molar-refractivity contribution in [2.75, 3.05) is 0 Å². The van der Waals surface area contributed by atoms with E-state index in [-0.39, 0.29) is 0 Å². The fourth-order valence-electron chi connectivity index (χ4n) is 13.3. The number of fused-ring (bicyclic) bond motifs is 1. The maximum Gasteiger partial charge on any atom is -0.0184 e. The van der Waals surface area contributed by atoms with Gasteiger partial charge in [0.15, 0.2) is 0 Å². The Hall–Kier alpha value is 0. The molecule has 5 aliphatic carbocycles. The molecule has 39 heavy (non-hydrogen) atoms. The van der Waals surface area contributed by atoms with E-state index >= 15 is 0 Å². The van der Waals surface area contributed by atoms with Crippen LogP contribution in [0.2, 0.25) is 0 Å². The third-order valence-corrected chi connectivity index (χ3v) is 15.8. The van der Waals surface area contributed by atoms with E-state index in [0.29, 0.717) is 27.1 Å². The van der Waals surface area contributed by atoms with Crippen LogP contribution in [0.4, 0.5) is 0 Å². The lowest BCUT2D eigenvalue weighted by atomic mass is 9.31. The Morgan fingerprint density at radius 1 is 0.538 bits per heavy atom. The van der Waals surface area contributed by atoms with Crippen LogP contribution < -0.4 is 0 Å². The molecule has 5 aliphatic rings. The van der Waals surface area contributed by atoms with Gasteiger partial charge in [-0.3, -0.25) is 0 Å². The summed E-state index contributed by atoms with van der Waals surface area (Å²) in [5, 5.41) is 0. The Balaban J connectivity index is 1.62. The average molecular weight is 539 g/mol. The molecule has 6 atom stereocenters. The molecule has 0 N–H and O–H groups in total. The van der Waals surface area contributed by atoms with Crippen LogP contribution in [0, 0.1) is 50.7 Å². The summed E-state index contributed by atoms with van der Waals surface area (Å²) >= 11 is 0. The Bertz CT molecular complexity index is 774. The van der Waals surface area contributed by atoms with E-state index in [1.54, 1.807) is 19.3 Å². The molecule has 0 bridgehead atoms. The van der Waals surface area contributed by atoms with Crippen molar-refractivity contribution in [1.29, 1.82) is 0 Å². The van der Waals surface area contributed by atoms with Gasteiger partial charge in [-0.05, 0) is 115 Å². The molecule has 226 valence electrons. The second-order valence-corrected chi connectivity index (χ2v) is 17.6. The molecule has 0 amide bonds. The van der Waals surface area contributed by atoms with Gasteiger partial charge in [-0.1, -0.05) is 131 Å². The van der Waals surface area contributed by atoms with E-state index < -0.39 is 0 Å². The van der Waals surface area contributed by atoms with E-state index in [9.17, 15) is 0 Å². The van der Waals surface area contributed by atoms with Crippen molar-refractivity contribution in [3.8, 4) is 0 Å². The zero-order valence-electron chi connectivity index (χ0n) is 27.8. The van der Waals surface area contributed by atoms with Crippen LogP contribution in [0.3, 0.4) is 0 Å². The summed E-state index contributed by atoms with van der Waals surface area (Å²) < 4.78 is 0. The Morgan fingerprint density at radius 2 is 1.08 bits per heavy atom. The van der Waals surface area contributed by atoms with Crippen LogP contribution >= 0.6 is 0 Å². The van der Waals surface area contributed by atoms with Crippen LogP contribution in [0.1, 0.15) is 196 Å². The molecule has 0 aliphatic heterocycles. The smallest absolute Gasteiger partial charge is 0.0184 e. The lowest BCUT2D eigenvalue weighted by molar-refractivity contribution is -0.246. The summed E-state index contributed by atoms with van der Waals surface area (Å²) in [6.07, 6.45) is 36.2. The van der Waals surface area contributed by atoms with E-state index in [2.05, 4.69) is 41.5 Å². The van der Waals surface area contributed by atoms with Gasteiger partial charge in [-0.2, -0.15) is 0 Å². The molecule has 0 aromatic carbocycles. The molecule has 0 heterocycles. The minimum atomic E-state index is 0.490. The first-order valence-corrected chi connectivity index (χ1v) is 18.6. The quantitative estimate of drug-likeness (QED) is 0.269. The molecule has 0 heteroatoms. The Labute approximate surface area is 246 Å². The molecule has 5 saturated carbocycles. The maximum absolute atomic E-state index is 2.97. The van der Waals surface area contributed by atoms with E-state index in [1.165, 1.54) is 135 Å². The first kappa shape index (κ1) is 30.5. The van der Waals surface area contributed by atoms with Gasteiger partial charge in [0.05, 0.1) is 0 Å². The van der Waals surface area contributed by atoms with Gasteiger partial charge in [0.25, 0.3) is 0 Å². The van der Waals surface area contributed by atoms with Gasteiger partial charge in [0.1, 0.15) is 0 Å². The highest BCUT2D eigenvalue weighted by molar-refractivity contribution is 5.17. The molecule has 0 radical (unpaired) electrons. The van der Waals surface area contributed by atoms with Gasteiger partial charge in [0, 0.05) is 0 Å². The minimum Gasteiger partial charge on any atom is -0.0654 e. The van der Waals surface area contributed by atoms with Crippen molar-refractivity contribution in [1.82, 2.24) is 0 Å². The lowest BCUT2D eigenvalue weighted by Crippen LogP contribution is -2.66. The molecule has 0 aromatic rings. The highest BCUT2D eigenvalue weighted by Crippen LogP contribution is 2.76. The molecule has 0 nitrogen and oxygen atoms in total. The molecule has 0 aromatic heterocycles. The van der Waals surface area contributed by atoms with E-state index in [0.717, 1.165) is 23.7 Å². The molecule has 5 fully saturated rings. The Kier molecular flexibility index (Phi) is 9.33. The summed E-state index contributed by atoms with van der Waals surface area (Å²) in [5.41, 5.74) is 2.72. The largest absolute Gasteiger partial charge is 0.0654 e. The van der Waals surface area contributed by atoms with Crippen molar-refractivity contribution < 1.29 is 0 Å². The summed E-state index contributed by atoms with van der Waals surface area (Å²) in [5.74, 6) is 3.91. The highest BCUT2D eigenvalue weighted by Gasteiger charge is 2.69. The van der Waals surface area contributed by atoms with Gasteiger partial charge >= 0.3 is 0 Å². The summed E-state index contributed by atoms with van der Waals surface area (Å²) in [6, 6.07) is 0. The van der Waals surface area contributed by atoms with Crippen LogP contribution in [0.5, 0.6) is 0 Å². The molecule has 5 rings (SSSR count). The van der Waals surface area contributed by atoms with Gasteiger partial charge in [0.2, 0.25) is 0 Å². The maximum atomic E-state index is 2.97. The van der Waals surface area contributed by atoms with E-state index in [4.69, 9.17) is 0 Å². The van der Waals surface area contributed by atoms with Crippen molar-refractivity contribution in [2.24, 2.45) is 50.7 Å². The lowest BCUT2D eigenvalue weighted by Gasteiger charge is -2.73. The fourth-order valence-corrected chi connectivity index (χ4v) is 13.3. The molecule has 0 saturated heterocycles. The summed E-state index contributed by atoms with van der Waals surface area (Å²) in [4.78, 5) is 0. The zero-order chi connectivity index (χ0) is 27.8. The number of unbranched alkanes of at least 4 members (excludes halogenated alkanes) is 3. The number of hydrogen-bond donors (Lipinski definition) is 0. The first-order chi connectivity index (χ1) is 18.6. The molecule has 6 unspecified atom stereocenters. The highest BCUT2D eigenvalue weighted by atomic mass is 14.7. The van der Waals surface area contributed by atoms with Gasteiger partial charge < -0.3 is 0 Å².